The van der Waals surface area contributed by atoms with E-state index in [0.29, 0.717) is 24.2 Å². The number of carbonyl (C=O) groups excluding carboxylic acids is 3. The van der Waals surface area contributed by atoms with Crippen LogP contribution in [0.1, 0.15) is 22.7 Å². The van der Waals surface area contributed by atoms with Crippen molar-refractivity contribution in [3.05, 3.63) is 23.7 Å². The molecule has 2 amide bonds. The van der Waals surface area contributed by atoms with Crippen molar-refractivity contribution in [2.24, 2.45) is 0 Å². The highest BCUT2D eigenvalue weighted by Crippen LogP contribution is 2.21. The van der Waals surface area contributed by atoms with E-state index in [2.05, 4.69) is 0 Å². The zero-order valence-electron chi connectivity index (χ0n) is 8.34. The highest BCUT2D eigenvalue weighted by atomic mass is 32.2. The zero-order chi connectivity index (χ0) is 11.5. The third kappa shape index (κ3) is 2.16. The van der Waals surface area contributed by atoms with E-state index in [4.69, 9.17) is 4.42 Å². The highest BCUT2D eigenvalue weighted by molar-refractivity contribution is 8.13. The Labute approximate surface area is 95.8 Å². The van der Waals surface area contributed by atoms with Crippen LogP contribution in [-0.4, -0.2) is 28.1 Å². The Morgan fingerprint density at radius 1 is 1.44 bits per heavy atom. The summed E-state index contributed by atoms with van der Waals surface area (Å²) in [5.41, 5.74) is 0. The second-order valence-electron chi connectivity index (χ2n) is 3.27. The number of hydrogen-bond acceptors (Lipinski definition) is 5. The van der Waals surface area contributed by atoms with Crippen molar-refractivity contribution in [1.29, 1.82) is 0 Å². The molecule has 0 aromatic carbocycles. The number of furan rings is 1. The average Bonchev–Trinajstić information content (AvgIpc) is 2.71. The van der Waals surface area contributed by atoms with Gasteiger partial charge in [0.1, 0.15) is 5.76 Å². The molecule has 0 atom stereocenters. The lowest BCUT2D eigenvalue weighted by molar-refractivity contribution is -0.128. The Morgan fingerprint density at radius 2 is 2.25 bits per heavy atom. The zero-order valence-corrected chi connectivity index (χ0v) is 9.16. The Hall–Kier alpha value is -1.56. The summed E-state index contributed by atoms with van der Waals surface area (Å²) in [4.78, 5) is 34.4. The maximum absolute atomic E-state index is 11.5. The molecule has 0 saturated carbocycles. The van der Waals surface area contributed by atoms with E-state index in [9.17, 15) is 14.4 Å². The summed E-state index contributed by atoms with van der Waals surface area (Å²) in [5, 5.41) is -0.264. The minimum atomic E-state index is -0.264. The van der Waals surface area contributed by atoms with E-state index in [0.717, 1.165) is 16.7 Å². The van der Waals surface area contributed by atoms with Gasteiger partial charge in [0.15, 0.2) is 12.0 Å². The number of imide groups is 1. The summed E-state index contributed by atoms with van der Waals surface area (Å²) in [6.07, 6.45) is 0.940. The molecule has 0 radical (unpaired) electrons. The monoisotopic (exact) mass is 239 g/mol. The molecule has 5 nitrogen and oxygen atoms in total. The molecule has 0 aliphatic carbocycles. The topological polar surface area (TPSA) is 67.6 Å². The first kappa shape index (κ1) is 10.9. The summed E-state index contributed by atoms with van der Waals surface area (Å²) in [5.74, 6) is 0.963. The normalized spacial score (nSPS) is 16.6. The van der Waals surface area contributed by atoms with Gasteiger partial charge in [0.2, 0.25) is 5.91 Å². The predicted octanol–water partition coefficient (Wildman–Crippen LogP) is 1.68. The summed E-state index contributed by atoms with van der Waals surface area (Å²) >= 11 is 1.12. The second-order valence-corrected chi connectivity index (χ2v) is 4.31. The fourth-order valence-corrected chi connectivity index (χ4v) is 2.17. The molecule has 2 rings (SSSR count). The fourth-order valence-electron chi connectivity index (χ4n) is 1.39. The van der Waals surface area contributed by atoms with Crippen LogP contribution in [0.4, 0.5) is 4.79 Å². The largest absolute Gasteiger partial charge is 0.456 e. The molecule has 6 heteroatoms. The van der Waals surface area contributed by atoms with Gasteiger partial charge in [-0.25, -0.2) is 0 Å². The van der Waals surface area contributed by atoms with Crippen molar-refractivity contribution < 1.29 is 18.8 Å². The fraction of sp³-hybridized carbons (Fsp3) is 0.300. The molecule has 84 valence electrons. The summed E-state index contributed by atoms with van der Waals surface area (Å²) in [6, 6.07) is 3.10. The molecule has 1 aliphatic rings. The lowest BCUT2D eigenvalue weighted by Crippen LogP contribution is -2.37. The second kappa shape index (κ2) is 4.52. The molecule has 1 aromatic rings. The molecule has 0 unspecified atom stereocenters. The van der Waals surface area contributed by atoms with Crippen LogP contribution in [0, 0.1) is 0 Å². The van der Waals surface area contributed by atoms with E-state index in [-0.39, 0.29) is 23.5 Å². The standard InChI is InChI=1S/C10H9NO4S/c12-6-8-2-1-7(15-8)5-11-9(13)3-4-16-10(11)14/h1-2,6H,3-5H2. The molecule has 2 heterocycles. The van der Waals surface area contributed by atoms with Gasteiger partial charge in [-0.15, -0.1) is 0 Å². The first-order valence-corrected chi connectivity index (χ1v) is 5.70. The van der Waals surface area contributed by atoms with Gasteiger partial charge in [-0.05, 0) is 12.1 Å². The Kier molecular flexibility index (Phi) is 3.09. The number of hydrogen-bond donors (Lipinski definition) is 0. The molecule has 0 N–H and O–H groups in total. The van der Waals surface area contributed by atoms with E-state index in [1.807, 2.05) is 0 Å². The van der Waals surface area contributed by atoms with Crippen molar-refractivity contribution in [3.63, 3.8) is 0 Å². The van der Waals surface area contributed by atoms with E-state index < -0.39 is 0 Å². The number of amides is 2. The van der Waals surface area contributed by atoms with E-state index >= 15 is 0 Å². The van der Waals surface area contributed by atoms with Crippen molar-refractivity contribution in [2.45, 2.75) is 13.0 Å². The lowest BCUT2D eigenvalue weighted by atomic mass is 10.3. The Bertz CT molecular complexity index is 424. The maximum atomic E-state index is 11.5. The van der Waals surface area contributed by atoms with Gasteiger partial charge in [-0.3, -0.25) is 19.3 Å². The summed E-state index contributed by atoms with van der Waals surface area (Å²) in [6.45, 7) is 0.0957. The van der Waals surface area contributed by atoms with Gasteiger partial charge >= 0.3 is 0 Å². The SMILES string of the molecule is O=Cc1ccc(CN2C(=O)CCSC2=O)o1. The molecular formula is C10H9NO4S. The van der Waals surface area contributed by atoms with Crippen molar-refractivity contribution >= 4 is 29.2 Å². The maximum Gasteiger partial charge on any atom is 0.288 e. The quantitative estimate of drug-likeness (QED) is 0.750. The Morgan fingerprint density at radius 3 is 2.88 bits per heavy atom. The minimum Gasteiger partial charge on any atom is -0.456 e. The molecule has 1 saturated heterocycles. The highest BCUT2D eigenvalue weighted by Gasteiger charge is 2.27. The number of rotatable bonds is 3. The number of carbonyl (C=O) groups is 3. The van der Waals surface area contributed by atoms with E-state index in [1.54, 1.807) is 6.07 Å². The number of thioether (sulfide) groups is 1. The van der Waals surface area contributed by atoms with E-state index in [1.165, 1.54) is 6.07 Å². The van der Waals surface area contributed by atoms with Crippen LogP contribution in [0.25, 0.3) is 0 Å². The smallest absolute Gasteiger partial charge is 0.288 e. The third-order valence-corrected chi connectivity index (χ3v) is 3.05. The van der Waals surface area contributed by atoms with Crippen molar-refractivity contribution in [3.8, 4) is 0 Å². The molecule has 16 heavy (non-hydrogen) atoms. The average molecular weight is 239 g/mol. The van der Waals surface area contributed by atoms with Crippen LogP contribution in [0.2, 0.25) is 0 Å². The van der Waals surface area contributed by atoms with Gasteiger partial charge in [0.25, 0.3) is 5.24 Å². The molecule has 1 aromatic heterocycles. The summed E-state index contributed by atoms with van der Waals surface area (Å²) < 4.78 is 5.11. The Balaban J connectivity index is 2.10. The summed E-state index contributed by atoms with van der Waals surface area (Å²) in [7, 11) is 0. The molecule has 0 bridgehead atoms. The lowest BCUT2D eigenvalue weighted by Gasteiger charge is -2.22. The first-order chi connectivity index (χ1) is 7.70. The number of nitrogens with zero attached hydrogens (tertiary/aromatic N) is 1. The van der Waals surface area contributed by atoms with Crippen molar-refractivity contribution in [2.75, 3.05) is 5.75 Å². The third-order valence-electron chi connectivity index (χ3n) is 2.18. The van der Waals surface area contributed by atoms with Crippen LogP contribution < -0.4 is 0 Å². The molecule has 1 fully saturated rings. The van der Waals surface area contributed by atoms with Crippen LogP contribution in [0.5, 0.6) is 0 Å². The number of aldehydes is 1. The van der Waals surface area contributed by atoms with Gasteiger partial charge in [-0.1, -0.05) is 11.8 Å². The van der Waals surface area contributed by atoms with Gasteiger partial charge < -0.3 is 4.42 Å². The molecular weight excluding hydrogens is 230 g/mol. The molecule has 1 aliphatic heterocycles. The van der Waals surface area contributed by atoms with Gasteiger partial charge in [0.05, 0.1) is 6.54 Å². The van der Waals surface area contributed by atoms with Crippen LogP contribution in [0.15, 0.2) is 16.5 Å². The van der Waals surface area contributed by atoms with Crippen molar-refractivity contribution in [1.82, 2.24) is 4.90 Å². The molecule has 0 spiro atoms. The van der Waals surface area contributed by atoms with Gasteiger partial charge in [0, 0.05) is 12.2 Å². The van der Waals surface area contributed by atoms with Crippen LogP contribution in [0.3, 0.4) is 0 Å². The van der Waals surface area contributed by atoms with Crippen LogP contribution in [-0.2, 0) is 11.3 Å². The van der Waals surface area contributed by atoms with Crippen LogP contribution >= 0.6 is 11.8 Å². The first-order valence-electron chi connectivity index (χ1n) is 4.71. The minimum absolute atomic E-state index is 0.0957. The predicted molar refractivity (Wildman–Crippen MR) is 57.1 cm³/mol. The van der Waals surface area contributed by atoms with Gasteiger partial charge in [-0.2, -0.15) is 0 Å².